The number of amides is 2. The number of fused-ring (bicyclic) bond motifs is 1. The third-order valence-electron chi connectivity index (χ3n) is 5.59. The number of pyridine rings is 1. The van der Waals surface area contributed by atoms with Crippen molar-refractivity contribution in [2.45, 2.75) is 25.7 Å². The van der Waals surface area contributed by atoms with Gasteiger partial charge in [-0.05, 0) is 19.1 Å². The molecule has 4 N–H and O–H groups in total. The van der Waals surface area contributed by atoms with E-state index in [2.05, 4.69) is 25.6 Å². The molecule has 194 valence electrons. The van der Waals surface area contributed by atoms with E-state index in [0.717, 1.165) is 17.0 Å². The molecular weight excluding hydrogens is 499 g/mol. The smallest absolute Gasteiger partial charge is 0.368 e. The van der Waals surface area contributed by atoms with Gasteiger partial charge in [0.05, 0.1) is 12.4 Å². The Balaban J connectivity index is 1.57. The molecule has 0 fully saturated rings. The zero-order valence-electron chi connectivity index (χ0n) is 19.4. The predicted molar refractivity (Wildman–Crippen MR) is 124 cm³/mol. The lowest BCUT2D eigenvalue weighted by Gasteiger charge is -2.24. The monoisotopic (exact) mass is 519 g/mol. The van der Waals surface area contributed by atoms with Crippen LogP contribution in [-0.2, 0) is 29.4 Å². The van der Waals surface area contributed by atoms with Gasteiger partial charge in [0.1, 0.15) is 29.9 Å². The van der Waals surface area contributed by atoms with E-state index in [1.54, 1.807) is 0 Å². The number of hydrogen-bond acceptors (Lipinski definition) is 9. The average molecular weight is 519 g/mol. The van der Waals surface area contributed by atoms with E-state index < -0.39 is 47.7 Å². The van der Waals surface area contributed by atoms with Crippen molar-refractivity contribution in [3.8, 4) is 11.3 Å². The number of carbonyl (C=O) groups is 2. The zero-order chi connectivity index (χ0) is 27.1. The van der Waals surface area contributed by atoms with Crippen molar-refractivity contribution in [2.24, 2.45) is 12.8 Å². The Morgan fingerprint density at radius 3 is 2.51 bits per heavy atom. The fraction of sp³-hybridized carbons (Fsp3) is 0.286. The number of halogens is 3. The summed E-state index contributed by atoms with van der Waals surface area (Å²) in [6.07, 6.45) is -2.74. The molecule has 3 aromatic rings. The number of anilines is 3. The number of carbonyl (C=O) groups excluding carboxylic acids is 2. The molecule has 0 aromatic carbocycles. The van der Waals surface area contributed by atoms with Crippen LogP contribution in [0.2, 0.25) is 0 Å². The molecular formula is C21H20F3N9O4. The van der Waals surface area contributed by atoms with Crippen molar-refractivity contribution < 1.29 is 22.8 Å². The third kappa shape index (κ3) is 4.85. The lowest BCUT2D eigenvalue weighted by molar-refractivity contribution is -0.145. The Morgan fingerprint density at radius 1 is 1.22 bits per heavy atom. The highest BCUT2D eigenvalue weighted by molar-refractivity contribution is 5.97. The summed E-state index contributed by atoms with van der Waals surface area (Å²) >= 11 is 0. The number of aromatic nitrogens is 5. The number of alkyl halides is 3. The van der Waals surface area contributed by atoms with E-state index in [1.165, 1.54) is 37.1 Å². The molecule has 0 bridgehead atoms. The molecule has 13 nitrogen and oxygen atoms in total. The number of nitrogens with one attached hydrogen (secondary N) is 2. The fourth-order valence-electron chi connectivity index (χ4n) is 3.72. The van der Waals surface area contributed by atoms with Crippen molar-refractivity contribution in [3.05, 3.63) is 57.3 Å². The van der Waals surface area contributed by atoms with Crippen LogP contribution in [-0.4, -0.2) is 48.6 Å². The first-order valence-corrected chi connectivity index (χ1v) is 10.7. The fourth-order valence-corrected chi connectivity index (χ4v) is 3.72. The van der Waals surface area contributed by atoms with Crippen molar-refractivity contribution in [1.29, 1.82) is 0 Å². The summed E-state index contributed by atoms with van der Waals surface area (Å²) in [5, 5.41) is 5.49. The summed E-state index contributed by atoms with van der Waals surface area (Å²) in [4.78, 5) is 62.1. The van der Waals surface area contributed by atoms with Gasteiger partial charge >= 0.3 is 11.9 Å². The van der Waals surface area contributed by atoms with Gasteiger partial charge in [-0.2, -0.15) is 13.2 Å². The zero-order valence-corrected chi connectivity index (χ0v) is 19.4. The number of primary amides is 1. The minimum Gasteiger partial charge on any atom is -0.368 e. The lowest BCUT2D eigenvalue weighted by atomic mass is 10.2. The van der Waals surface area contributed by atoms with E-state index in [-0.39, 0.29) is 35.2 Å². The minimum absolute atomic E-state index is 0.00890. The lowest BCUT2D eigenvalue weighted by Crippen LogP contribution is -2.47. The summed E-state index contributed by atoms with van der Waals surface area (Å²) in [7, 11) is 1.40. The van der Waals surface area contributed by atoms with E-state index in [0.29, 0.717) is 4.57 Å². The van der Waals surface area contributed by atoms with Crippen molar-refractivity contribution >= 4 is 29.1 Å². The molecule has 4 heterocycles. The second-order valence-corrected chi connectivity index (χ2v) is 8.07. The SMILES string of the molecule is CC(C(=O)Nc1cccc(-c2cnc(C(F)(F)F)nc2)n1)N1CNc2c1c(=O)n(CC(N)=O)c(=O)n2C. The van der Waals surface area contributed by atoms with Crippen LogP contribution in [0.1, 0.15) is 12.7 Å². The molecule has 0 saturated carbocycles. The van der Waals surface area contributed by atoms with Gasteiger partial charge in [0.15, 0.2) is 0 Å². The minimum atomic E-state index is -4.68. The maximum Gasteiger partial charge on any atom is 0.451 e. The normalized spacial score (nSPS) is 13.6. The van der Waals surface area contributed by atoms with Crippen molar-refractivity contribution in [3.63, 3.8) is 0 Å². The second-order valence-electron chi connectivity index (χ2n) is 8.07. The molecule has 1 unspecified atom stereocenters. The predicted octanol–water partition coefficient (Wildman–Crippen LogP) is 0.120. The highest BCUT2D eigenvalue weighted by Crippen LogP contribution is 2.29. The van der Waals surface area contributed by atoms with E-state index in [4.69, 9.17) is 5.73 Å². The molecule has 0 saturated heterocycles. The van der Waals surface area contributed by atoms with Crippen LogP contribution < -0.4 is 32.5 Å². The van der Waals surface area contributed by atoms with E-state index in [9.17, 15) is 32.3 Å². The molecule has 0 radical (unpaired) electrons. The Bertz CT molecular complexity index is 1500. The van der Waals surface area contributed by atoms with Gasteiger partial charge in [0.2, 0.25) is 17.6 Å². The quantitative estimate of drug-likeness (QED) is 0.409. The Kier molecular flexibility index (Phi) is 6.41. The van der Waals surface area contributed by atoms with Gasteiger partial charge in [0, 0.05) is 25.0 Å². The molecule has 37 heavy (non-hydrogen) atoms. The van der Waals surface area contributed by atoms with Gasteiger partial charge in [-0.1, -0.05) is 6.07 Å². The van der Waals surface area contributed by atoms with Crippen LogP contribution in [0.25, 0.3) is 11.3 Å². The summed E-state index contributed by atoms with van der Waals surface area (Å²) in [5.41, 5.74) is 4.05. The Labute approximate surface area is 205 Å². The van der Waals surface area contributed by atoms with Crippen LogP contribution in [0, 0.1) is 0 Å². The topological polar surface area (TPSA) is 170 Å². The highest BCUT2D eigenvalue weighted by atomic mass is 19.4. The molecule has 1 atom stereocenters. The van der Waals surface area contributed by atoms with Crippen molar-refractivity contribution in [2.75, 3.05) is 22.2 Å². The first kappa shape index (κ1) is 25.3. The van der Waals surface area contributed by atoms with Gasteiger partial charge < -0.3 is 21.3 Å². The van der Waals surface area contributed by atoms with Crippen LogP contribution in [0.4, 0.5) is 30.5 Å². The first-order valence-electron chi connectivity index (χ1n) is 10.7. The highest BCUT2D eigenvalue weighted by Gasteiger charge is 2.35. The molecule has 0 aliphatic carbocycles. The van der Waals surface area contributed by atoms with Crippen LogP contribution in [0.3, 0.4) is 0 Å². The van der Waals surface area contributed by atoms with Gasteiger partial charge in [-0.25, -0.2) is 24.3 Å². The van der Waals surface area contributed by atoms with Gasteiger partial charge in [0.25, 0.3) is 5.56 Å². The standard InChI is InChI=1S/C21H20F3N9O4/c1-10(33-9-28-16-15(33)18(36)32(8-13(25)34)20(37)31(16)2)17(35)30-14-5-3-4-12(29-14)11-6-26-19(27-7-11)21(22,23)24/h3-7,10,28H,8-9H2,1-2H3,(H2,25,34)(H,29,30,35). The Morgan fingerprint density at radius 2 is 1.89 bits per heavy atom. The Hall–Kier alpha value is -4.76. The van der Waals surface area contributed by atoms with Crippen molar-refractivity contribution in [1.82, 2.24) is 24.1 Å². The average Bonchev–Trinajstić information content (AvgIpc) is 3.30. The summed E-state index contributed by atoms with van der Waals surface area (Å²) in [6.45, 7) is 0.906. The molecule has 16 heteroatoms. The van der Waals surface area contributed by atoms with Crippen LogP contribution in [0.5, 0.6) is 0 Å². The summed E-state index contributed by atoms with van der Waals surface area (Å²) in [5.74, 6) is -2.48. The van der Waals surface area contributed by atoms with Crippen LogP contribution in [0.15, 0.2) is 40.2 Å². The number of nitrogens with two attached hydrogens (primary N) is 1. The van der Waals surface area contributed by atoms with Crippen LogP contribution >= 0.6 is 0 Å². The third-order valence-corrected chi connectivity index (χ3v) is 5.59. The number of nitrogens with zero attached hydrogens (tertiary/aromatic N) is 6. The van der Waals surface area contributed by atoms with Gasteiger partial charge in [-0.15, -0.1) is 0 Å². The van der Waals surface area contributed by atoms with Gasteiger partial charge in [-0.3, -0.25) is 19.0 Å². The summed E-state index contributed by atoms with van der Waals surface area (Å²) < 4.78 is 40.0. The van der Waals surface area contributed by atoms with E-state index in [1.807, 2.05) is 0 Å². The largest absolute Gasteiger partial charge is 0.451 e. The molecule has 4 rings (SSSR count). The maximum absolute atomic E-state index is 13.0. The molecule has 1 aliphatic heterocycles. The molecule has 0 spiro atoms. The maximum atomic E-state index is 13.0. The number of hydrogen-bond donors (Lipinski definition) is 3. The molecule has 3 aromatic heterocycles. The molecule has 2 amide bonds. The van der Waals surface area contributed by atoms with E-state index >= 15 is 0 Å². The number of rotatable bonds is 6. The molecule has 1 aliphatic rings. The summed E-state index contributed by atoms with van der Waals surface area (Å²) in [6, 6.07) is 3.57. The second kappa shape index (κ2) is 9.36. The first-order chi connectivity index (χ1) is 17.4.